The van der Waals surface area contributed by atoms with Crippen LogP contribution in [0.15, 0.2) is 45.6 Å². The zero-order valence-corrected chi connectivity index (χ0v) is 17.4. The summed E-state index contributed by atoms with van der Waals surface area (Å²) in [4.78, 5) is 5.02. The van der Waals surface area contributed by atoms with Crippen LogP contribution in [0.4, 0.5) is 0 Å². The number of nitrogens with two attached hydrogens (primary N) is 1. The lowest BCUT2D eigenvalue weighted by atomic mass is 10.1. The van der Waals surface area contributed by atoms with Crippen molar-refractivity contribution in [1.82, 2.24) is 10.6 Å². The molecule has 0 saturated heterocycles. The Morgan fingerprint density at radius 3 is 2.50 bits per heavy atom. The van der Waals surface area contributed by atoms with Crippen LogP contribution < -0.4 is 15.8 Å². The number of benzene rings is 1. The summed E-state index contributed by atoms with van der Waals surface area (Å²) in [7, 11) is -1.94. The van der Waals surface area contributed by atoms with Gasteiger partial charge in [0.1, 0.15) is 4.21 Å². The number of nitrogens with zero attached hydrogens (tertiary/aromatic N) is 1. The molecule has 1 heterocycles. The third kappa shape index (κ3) is 6.38. The van der Waals surface area contributed by atoms with E-state index in [4.69, 9.17) is 5.14 Å². The number of aryl methyl sites for hydroxylation is 1. The minimum Gasteiger partial charge on any atom is -0.352 e. The lowest BCUT2D eigenvalue weighted by Gasteiger charge is -2.11. The Morgan fingerprint density at radius 1 is 1.21 bits per heavy atom. The van der Waals surface area contributed by atoms with Gasteiger partial charge in [-0.05, 0) is 24.6 Å². The number of rotatable bonds is 5. The van der Waals surface area contributed by atoms with Gasteiger partial charge in [-0.15, -0.1) is 35.3 Å². The Labute approximate surface area is 163 Å². The molecule has 0 unspecified atom stereocenters. The van der Waals surface area contributed by atoms with Gasteiger partial charge in [0.05, 0.1) is 6.54 Å². The quantitative estimate of drug-likeness (QED) is 0.347. The van der Waals surface area contributed by atoms with Crippen LogP contribution in [0.1, 0.15) is 16.0 Å². The SMILES string of the molecule is CN=C(NCc1cccc(C)c1)NCc1ccc(S(N)(=O)=O)s1.I. The standard InChI is InChI=1S/C15H20N4O2S2.HI/c1-11-4-3-5-12(8-11)9-18-15(17-2)19-10-13-6-7-14(22-13)23(16,20)21;/h3-8H,9-10H2,1-2H3,(H2,16,20,21)(H2,17,18,19);1H. The van der Waals surface area contributed by atoms with E-state index in [1.165, 1.54) is 17.2 Å². The average Bonchev–Trinajstić information content (AvgIpc) is 2.96. The van der Waals surface area contributed by atoms with Crippen molar-refractivity contribution in [2.24, 2.45) is 10.1 Å². The second kappa shape index (κ2) is 9.35. The highest BCUT2D eigenvalue weighted by molar-refractivity contribution is 14.0. The number of nitrogens with one attached hydrogen (secondary N) is 2. The van der Waals surface area contributed by atoms with Crippen molar-refractivity contribution in [3.63, 3.8) is 0 Å². The van der Waals surface area contributed by atoms with Gasteiger partial charge in [0.15, 0.2) is 5.96 Å². The van der Waals surface area contributed by atoms with E-state index in [1.807, 2.05) is 12.1 Å². The van der Waals surface area contributed by atoms with Crippen LogP contribution in [0.25, 0.3) is 0 Å². The van der Waals surface area contributed by atoms with E-state index < -0.39 is 10.0 Å². The number of halogens is 1. The fourth-order valence-corrected chi connectivity index (χ4v) is 3.72. The molecule has 0 aliphatic heterocycles. The number of sulfonamides is 1. The fourth-order valence-electron chi connectivity index (χ4n) is 2.01. The molecule has 4 N–H and O–H groups in total. The van der Waals surface area contributed by atoms with Crippen molar-refractivity contribution in [2.45, 2.75) is 24.2 Å². The fraction of sp³-hybridized carbons (Fsp3) is 0.267. The van der Waals surface area contributed by atoms with E-state index in [0.29, 0.717) is 19.0 Å². The van der Waals surface area contributed by atoms with Gasteiger partial charge in [-0.2, -0.15) is 0 Å². The molecule has 9 heteroatoms. The van der Waals surface area contributed by atoms with Gasteiger partial charge in [0, 0.05) is 18.5 Å². The summed E-state index contributed by atoms with van der Waals surface area (Å²) in [6.45, 7) is 3.19. The highest BCUT2D eigenvalue weighted by atomic mass is 127. The van der Waals surface area contributed by atoms with Gasteiger partial charge in [0.25, 0.3) is 0 Å². The summed E-state index contributed by atoms with van der Waals surface area (Å²) in [5.41, 5.74) is 2.38. The number of aliphatic imine (C=N–C) groups is 1. The monoisotopic (exact) mass is 480 g/mol. The predicted molar refractivity (Wildman–Crippen MR) is 109 cm³/mol. The highest BCUT2D eigenvalue weighted by Gasteiger charge is 2.11. The minimum absolute atomic E-state index is 0. The summed E-state index contributed by atoms with van der Waals surface area (Å²) in [6.07, 6.45) is 0. The van der Waals surface area contributed by atoms with Crippen molar-refractivity contribution in [1.29, 1.82) is 0 Å². The van der Waals surface area contributed by atoms with E-state index in [2.05, 4.69) is 34.7 Å². The molecule has 0 fully saturated rings. The largest absolute Gasteiger partial charge is 0.352 e. The topological polar surface area (TPSA) is 96.6 Å². The van der Waals surface area contributed by atoms with Gasteiger partial charge < -0.3 is 10.6 Å². The first-order valence-electron chi connectivity index (χ1n) is 7.00. The summed E-state index contributed by atoms with van der Waals surface area (Å²) >= 11 is 1.15. The number of hydrogen-bond acceptors (Lipinski definition) is 4. The smallest absolute Gasteiger partial charge is 0.247 e. The van der Waals surface area contributed by atoms with Gasteiger partial charge in [-0.3, -0.25) is 4.99 Å². The third-order valence-corrected chi connectivity index (χ3v) is 5.64. The molecule has 2 rings (SSSR count). The van der Waals surface area contributed by atoms with E-state index in [1.54, 1.807) is 13.1 Å². The highest BCUT2D eigenvalue weighted by Crippen LogP contribution is 2.19. The molecule has 0 aliphatic rings. The third-order valence-electron chi connectivity index (χ3n) is 3.11. The van der Waals surface area contributed by atoms with Crippen LogP contribution in [-0.2, 0) is 23.1 Å². The van der Waals surface area contributed by atoms with Crippen LogP contribution in [0.3, 0.4) is 0 Å². The lowest BCUT2D eigenvalue weighted by Crippen LogP contribution is -2.36. The van der Waals surface area contributed by atoms with Crippen molar-refractivity contribution in [3.05, 3.63) is 52.4 Å². The van der Waals surface area contributed by atoms with Crippen LogP contribution in [0.5, 0.6) is 0 Å². The molecule has 0 atom stereocenters. The second-order valence-corrected chi connectivity index (χ2v) is 7.99. The Hall–Kier alpha value is -1.17. The van der Waals surface area contributed by atoms with Gasteiger partial charge >= 0.3 is 0 Å². The Balaban J connectivity index is 0.00000288. The molecule has 0 spiro atoms. The molecule has 0 bridgehead atoms. The number of guanidine groups is 1. The minimum atomic E-state index is -3.63. The maximum Gasteiger partial charge on any atom is 0.247 e. The normalized spacial score (nSPS) is 11.7. The molecule has 2 aromatic rings. The first-order valence-corrected chi connectivity index (χ1v) is 9.36. The molecule has 1 aromatic carbocycles. The van der Waals surface area contributed by atoms with Gasteiger partial charge in [-0.1, -0.05) is 29.8 Å². The number of thiophene rings is 1. The molecule has 0 aliphatic carbocycles. The van der Waals surface area contributed by atoms with Gasteiger partial charge in [0.2, 0.25) is 10.0 Å². The molecule has 0 radical (unpaired) electrons. The van der Waals surface area contributed by atoms with E-state index in [0.717, 1.165) is 16.2 Å². The Bertz CT molecular complexity index is 803. The molecule has 0 saturated carbocycles. The van der Waals surface area contributed by atoms with E-state index in [9.17, 15) is 8.42 Å². The van der Waals surface area contributed by atoms with Crippen LogP contribution in [0.2, 0.25) is 0 Å². The summed E-state index contributed by atoms with van der Waals surface area (Å²) in [5.74, 6) is 0.650. The van der Waals surface area contributed by atoms with Crippen molar-refractivity contribution in [3.8, 4) is 0 Å². The average molecular weight is 480 g/mol. The second-order valence-electron chi connectivity index (χ2n) is 5.03. The molecule has 1 aromatic heterocycles. The lowest BCUT2D eigenvalue weighted by molar-refractivity contribution is 0.600. The maximum atomic E-state index is 11.3. The van der Waals surface area contributed by atoms with Crippen LogP contribution >= 0.6 is 35.3 Å². The van der Waals surface area contributed by atoms with E-state index >= 15 is 0 Å². The Kier molecular flexibility index (Phi) is 8.13. The zero-order valence-electron chi connectivity index (χ0n) is 13.4. The van der Waals surface area contributed by atoms with Crippen LogP contribution in [0, 0.1) is 6.92 Å². The maximum absolute atomic E-state index is 11.3. The molecular weight excluding hydrogens is 459 g/mol. The van der Waals surface area contributed by atoms with Crippen LogP contribution in [-0.4, -0.2) is 21.4 Å². The van der Waals surface area contributed by atoms with Crippen molar-refractivity contribution < 1.29 is 8.42 Å². The first-order chi connectivity index (χ1) is 10.9. The predicted octanol–water partition coefficient (Wildman–Crippen LogP) is 2.19. The van der Waals surface area contributed by atoms with Crippen molar-refractivity contribution >= 4 is 51.3 Å². The number of hydrogen-bond donors (Lipinski definition) is 3. The zero-order chi connectivity index (χ0) is 16.9. The van der Waals surface area contributed by atoms with Crippen molar-refractivity contribution in [2.75, 3.05) is 7.05 Å². The Morgan fingerprint density at radius 2 is 1.92 bits per heavy atom. The van der Waals surface area contributed by atoms with E-state index in [-0.39, 0.29) is 28.2 Å². The summed E-state index contributed by atoms with van der Waals surface area (Å²) in [6, 6.07) is 11.5. The molecule has 6 nitrogen and oxygen atoms in total. The summed E-state index contributed by atoms with van der Waals surface area (Å²) in [5, 5.41) is 11.5. The molecular formula is C15H21IN4O2S2. The molecule has 24 heavy (non-hydrogen) atoms. The summed E-state index contributed by atoms with van der Waals surface area (Å²) < 4.78 is 22.7. The first kappa shape index (κ1) is 20.9. The molecule has 132 valence electrons. The number of primary sulfonamides is 1. The van der Waals surface area contributed by atoms with Gasteiger partial charge in [-0.25, -0.2) is 13.6 Å². The molecule has 0 amide bonds.